The molecule has 0 atom stereocenters. The van der Waals surface area contributed by atoms with Crippen molar-refractivity contribution >= 4 is 35.3 Å². The van der Waals surface area contributed by atoms with Gasteiger partial charge in [-0.1, -0.05) is 121 Å². The first-order chi connectivity index (χ1) is 15.5. The van der Waals surface area contributed by atoms with Gasteiger partial charge in [-0.3, -0.25) is 0 Å². The summed E-state index contributed by atoms with van der Waals surface area (Å²) in [4.78, 5) is 0. The van der Waals surface area contributed by atoms with Crippen LogP contribution in [-0.2, 0) is 0 Å². The average Bonchev–Trinajstić information content (AvgIpc) is 2.88. The Morgan fingerprint density at radius 1 is 0.438 bits per heavy atom. The standard InChI is InChI=1S/C24H20B.C6H16P/c1-5-13-21(14-6-1)25(22-15-7-2-8-16-22,23-17-9-3-10-18-23)24-19-11-4-12-20-24;1-5-7(3,4)6-2/h1-20H;5-6H2,1-4H3/q-1;+1. The Bertz CT molecular complexity index is 876. The number of hydrogen-bond donors (Lipinski definition) is 0. The number of benzene rings is 4. The molecule has 164 valence electrons. The zero-order valence-electron chi connectivity index (χ0n) is 20.0. The topological polar surface area (TPSA) is 0 Å². The Hall–Kier alpha value is -2.63. The van der Waals surface area contributed by atoms with Crippen LogP contribution in [0.5, 0.6) is 0 Å². The highest BCUT2D eigenvalue weighted by atomic mass is 31.2. The van der Waals surface area contributed by atoms with Crippen LogP contribution in [0.15, 0.2) is 121 Å². The van der Waals surface area contributed by atoms with Crippen molar-refractivity contribution < 1.29 is 0 Å². The molecule has 4 aromatic rings. The first kappa shape index (κ1) is 24.0. The van der Waals surface area contributed by atoms with Crippen molar-refractivity contribution in [2.45, 2.75) is 13.8 Å². The minimum Gasteiger partial charge on any atom is -0.195 e. The van der Waals surface area contributed by atoms with Gasteiger partial charge in [-0.15, -0.1) is 0 Å². The first-order valence-corrected chi connectivity index (χ1v) is 14.8. The van der Waals surface area contributed by atoms with Crippen LogP contribution in [0.1, 0.15) is 13.8 Å². The van der Waals surface area contributed by atoms with Crippen molar-refractivity contribution in [2.24, 2.45) is 0 Å². The molecule has 0 amide bonds. The maximum atomic E-state index is 2.41. The third-order valence-corrected chi connectivity index (χ3v) is 10.3. The zero-order valence-corrected chi connectivity index (χ0v) is 20.9. The second-order valence-electron chi connectivity index (χ2n) is 9.08. The van der Waals surface area contributed by atoms with Crippen molar-refractivity contribution in [3.8, 4) is 0 Å². The van der Waals surface area contributed by atoms with Crippen LogP contribution in [0.25, 0.3) is 0 Å². The van der Waals surface area contributed by atoms with Gasteiger partial charge in [-0.2, -0.15) is 21.9 Å². The molecule has 0 saturated heterocycles. The maximum Gasteiger partial charge on any atom is 0.108 e. The number of hydrogen-bond acceptors (Lipinski definition) is 0. The van der Waals surface area contributed by atoms with Crippen molar-refractivity contribution in [2.75, 3.05) is 25.7 Å². The second-order valence-corrected chi connectivity index (χ2v) is 14.2. The normalized spacial score (nSPS) is 11.4. The van der Waals surface area contributed by atoms with E-state index in [0.29, 0.717) is 0 Å². The molecule has 0 bridgehead atoms. The van der Waals surface area contributed by atoms with Gasteiger partial charge in [0.15, 0.2) is 0 Å². The molecule has 32 heavy (non-hydrogen) atoms. The van der Waals surface area contributed by atoms with Crippen LogP contribution < -0.4 is 21.9 Å². The van der Waals surface area contributed by atoms with Gasteiger partial charge in [-0.05, 0) is 13.8 Å². The maximum absolute atomic E-state index is 2.41. The molecule has 0 nitrogen and oxygen atoms in total. The van der Waals surface area contributed by atoms with Crippen LogP contribution in [0.2, 0.25) is 0 Å². The van der Waals surface area contributed by atoms with E-state index < -0.39 is 13.4 Å². The summed E-state index contributed by atoms with van der Waals surface area (Å²) in [6, 6.07) is 43.5. The van der Waals surface area contributed by atoms with Crippen molar-refractivity contribution in [3.05, 3.63) is 121 Å². The summed E-state index contributed by atoms with van der Waals surface area (Å²) in [6.07, 6.45) is 1.60. The molecule has 0 aliphatic carbocycles. The van der Waals surface area contributed by atoms with E-state index in [1.807, 2.05) is 0 Å². The summed E-state index contributed by atoms with van der Waals surface area (Å²) in [5.74, 6) is 0. The Labute approximate surface area is 196 Å². The fourth-order valence-electron chi connectivity index (χ4n) is 4.35. The number of rotatable bonds is 6. The largest absolute Gasteiger partial charge is 0.195 e. The van der Waals surface area contributed by atoms with Gasteiger partial charge in [0, 0.05) is 20.6 Å². The van der Waals surface area contributed by atoms with Crippen molar-refractivity contribution in [1.82, 2.24) is 0 Å². The van der Waals surface area contributed by atoms with Gasteiger partial charge < -0.3 is 0 Å². The van der Waals surface area contributed by atoms with E-state index in [1.165, 1.54) is 34.2 Å². The molecule has 0 unspecified atom stereocenters. The Morgan fingerprint density at radius 2 is 0.656 bits per heavy atom. The van der Waals surface area contributed by atoms with Gasteiger partial charge in [0.2, 0.25) is 0 Å². The Kier molecular flexibility index (Phi) is 8.49. The summed E-state index contributed by atoms with van der Waals surface area (Å²) in [5.41, 5.74) is 5.36. The lowest BCUT2D eigenvalue weighted by Gasteiger charge is -2.44. The zero-order chi connectivity index (χ0) is 22.9. The van der Waals surface area contributed by atoms with Crippen LogP contribution in [0, 0.1) is 0 Å². The summed E-state index contributed by atoms with van der Waals surface area (Å²) in [6.45, 7) is 9.40. The summed E-state index contributed by atoms with van der Waals surface area (Å²) >= 11 is 0. The minimum atomic E-state index is -1.22. The van der Waals surface area contributed by atoms with E-state index in [9.17, 15) is 0 Å². The monoisotopic (exact) mass is 438 g/mol. The lowest BCUT2D eigenvalue weighted by molar-refractivity contribution is 1.38. The van der Waals surface area contributed by atoms with E-state index in [1.54, 1.807) is 0 Å². The molecule has 4 aromatic carbocycles. The van der Waals surface area contributed by atoms with Crippen molar-refractivity contribution in [1.29, 1.82) is 0 Å². The highest BCUT2D eigenvalue weighted by Gasteiger charge is 2.31. The molecular formula is C30H36BP. The summed E-state index contributed by atoms with van der Waals surface area (Å²) in [7, 11) is -0.404. The lowest BCUT2D eigenvalue weighted by atomic mass is 9.13. The fourth-order valence-corrected chi connectivity index (χ4v) is 4.79. The molecule has 0 heterocycles. The molecule has 0 fully saturated rings. The van der Waals surface area contributed by atoms with Gasteiger partial charge in [0.25, 0.3) is 0 Å². The fraction of sp³-hybridized carbons (Fsp3) is 0.200. The van der Waals surface area contributed by atoms with E-state index in [4.69, 9.17) is 0 Å². The smallest absolute Gasteiger partial charge is 0.108 e. The van der Waals surface area contributed by atoms with Crippen LogP contribution in [0.3, 0.4) is 0 Å². The van der Waals surface area contributed by atoms with Gasteiger partial charge in [0.1, 0.15) is 6.15 Å². The highest BCUT2D eigenvalue weighted by molar-refractivity contribution is 7.74. The van der Waals surface area contributed by atoms with Crippen LogP contribution >= 0.6 is 7.26 Å². The quantitative estimate of drug-likeness (QED) is 0.281. The molecule has 0 aliphatic rings. The minimum absolute atomic E-state index is 0.404. The van der Waals surface area contributed by atoms with E-state index in [-0.39, 0.29) is 0 Å². The molecule has 0 aliphatic heterocycles. The summed E-state index contributed by atoms with van der Waals surface area (Å²) < 4.78 is 0. The first-order valence-electron chi connectivity index (χ1n) is 11.7. The molecule has 0 aromatic heterocycles. The molecule has 4 rings (SSSR count). The molecule has 2 heteroatoms. The molecule has 0 spiro atoms. The summed E-state index contributed by atoms with van der Waals surface area (Å²) in [5, 5.41) is 0. The van der Waals surface area contributed by atoms with Crippen LogP contribution in [-0.4, -0.2) is 31.8 Å². The molecule has 0 radical (unpaired) electrons. The Morgan fingerprint density at radius 3 is 0.812 bits per heavy atom. The highest BCUT2D eigenvalue weighted by Crippen LogP contribution is 2.49. The second kappa shape index (κ2) is 11.3. The molecule has 0 N–H and O–H groups in total. The lowest BCUT2D eigenvalue weighted by Crippen LogP contribution is -2.74. The SMILES string of the molecule is CC[P+](C)(C)CC.c1ccc([B-](c2ccccc2)(c2ccccc2)c2ccccc2)cc1. The van der Waals surface area contributed by atoms with Gasteiger partial charge in [-0.25, -0.2) is 0 Å². The third-order valence-electron chi connectivity index (χ3n) is 6.91. The molecule has 0 saturated carbocycles. The van der Waals surface area contributed by atoms with Crippen LogP contribution in [0.4, 0.5) is 0 Å². The third kappa shape index (κ3) is 5.40. The van der Waals surface area contributed by atoms with Gasteiger partial charge in [0.05, 0.1) is 12.3 Å². The van der Waals surface area contributed by atoms with Gasteiger partial charge >= 0.3 is 0 Å². The predicted molar refractivity (Wildman–Crippen MR) is 150 cm³/mol. The van der Waals surface area contributed by atoms with Crippen molar-refractivity contribution in [3.63, 3.8) is 0 Å². The van der Waals surface area contributed by atoms with E-state index in [0.717, 1.165) is 0 Å². The Balaban J connectivity index is 0.000000360. The average molecular weight is 438 g/mol. The predicted octanol–water partition coefficient (Wildman–Crippen LogP) is 5.37. The molecular weight excluding hydrogens is 402 g/mol. The van der Waals surface area contributed by atoms with E-state index in [2.05, 4.69) is 149 Å². The van der Waals surface area contributed by atoms with E-state index >= 15 is 0 Å².